The summed E-state index contributed by atoms with van der Waals surface area (Å²) in [7, 11) is -4.55. The van der Waals surface area contributed by atoms with Crippen molar-refractivity contribution in [3.8, 4) is 0 Å². The Morgan fingerprint density at radius 3 is 2.19 bits per heavy atom. The Balaban J connectivity index is 1.83. The molecular weight excluding hydrogens is 707 g/mol. The van der Waals surface area contributed by atoms with Gasteiger partial charge in [0.2, 0.25) is 11.8 Å². The third kappa shape index (κ3) is 9.70. The number of nitrogens with one attached hydrogen (secondary N) is 1. The largest absolute Gasteiger partial charge is 0.416 e. The lowest BCUT2D eigenvalue weighted by molar-refractivity contribution is -0.140. The highest BCUT2D eigenvalue weighted by atomic mass is 79.9. The van der Waals surface area contributed by atoms with Gasteiger partial charge >= 0.3 is 6.18 Å². The quantitative estimate of drug-likeness (QED) is 0.135. The molecule has 254 valence electrons. The molecule has 0 unspecified atom stereocenters. The van der Waals surface area contributed by atoms with Crippen molar-refractivity contribution < 1.29 is 31.2 Å². The van der Waals surface area contributed by atoms with E-state index in [1.807, 2.05) is 37.3 Å². The Morgan fingerprint density at radius 1 is 0.875 bits per heavy atom. The van der Waals surface area contributed by atoms with Gasteiger partial charge < -0.3 is 10.2 Å². The van der Waals surface area contributed by atoms with Crippen molar-refractivity contribution in [3.05, 3.63) is 130 Å². The van der Waals surface area contributed by atoms with Gasteiger partial charge in [0.1, 0.15) is 12.6 Å². The zero-order chi connectivity index (χ0) is 34.9. The first-order chi connectivity index (χ1) is 22.8. The molecule has 12 heteroatoms. The maximum atomic E-state index is 14.5. The second-order valence-corrected chi connectivity index (χ2v) is 14.2. The first-order valence-corrected chi connectivity index (χ1v) is 17.6. The fraction of sp³-hybridized carbons (Fsp3) is 0.278. The van der Waals surface area contributed by atoms with Crippen molar-refractivity contribution in [3.63, 3.8) is 0 Å². The minimum atomic E-state index is -4.76. The lowest BCUT2D eigenvalue weighted by Gasteiger charge is -2.34. The molecule has 48 heavy (non-hydrogen) atoms. The van der Waals surface area contributed by atoms with Crippen LogP contribution in [0.3, 0.4) is 0 Å². The summed E-state index contributed by atoms with van der Waals surface area (Å²) in [5.41, 5.74) is 0.785. The van der Waals surface area contributed by atoms with Gasteiger partial charge in [0, 0.05) is 24.0 Å². The van der Waals surface area contributed by atoms with E-state index in [0.29, 0.717) is 28.9 Å². The molecule has 0 aliphatic heterocycles. The molecule has 4 aromatic rings. The number of carbonyl (C=O) groups excluding carboxylic acids is 2. The van der Waals surface area contributed by atoms with Gasteiger partial charge in [0.05, 0.1) is 16.1 Å². The Morgan fingerprint density at radius 2 is 1.54 bits per heavy atom. The Hall–Kier alpha value is -4.16. The number of benzene rings is 4. The molecule has 0 aromatic heterocycles. The van der Waals surface area contributed by atoms with Gasteiger partial charge in [-0.2, -0.15) is 13.2 Å². The number of sulfonamides is 1. The van der Waals surface area contributed by atoms with Crippen LogP contribution in [0.4, 0.5) is 18.9 Å². The van der Waals surface area contributed by atoms with Crippen LogP contribution in [0.2, 0.25) is 0 Å². The summed E-state index contributed by atoms with van der Waals surface area (Å²) in [6.45, 7) is 3.19. The standard InChI is InChI=1S/C36H37BrF3N3O4S/c1-3-4-20-41-35(45)33(22-27-10-6-5-7-11-27)42(24-28-12-8-14-30(37)21-28)34(44)25-43(31-15-9-13-29(23-31)36(38,39)40)48(46,47)32-18-16-26(2)17-19-32/h5-19,21,23,33H,3-4,20,22,24-25H2,1-2H3,(H,41,45)/t33-/m1/s1. The number of alkyl halides is 3. The van der Waals surface area contributed by atoms with E-state index < -0.39 is 46.2 Å². The van der Waals surface area contributed by atoms with Crippen LogP contribution in [0.15, 0.2) is 112 Å². The SMILES string of the molecule is CCCCNC(=O)[C@@H](Cc1ccccc1)N(Cc1cccc(Br)c1)C(=O)CN(c1cccc(C(F)(F)F)c1)S(=O)(=O)c1ccc(C)cc1. The third-order valence-electron chi connectivity index (χ3n) is 7.69. The molecule has 4 rings (SSSR count). The van der Waals surface area contributed by atoms with Crippen LogP contribution < -0.4 is 9.62 Å². The minimum absolute atomic E-state index is 0.0714. The lowest BCUT2D eigenvalue weighted by Crippen LogP contribution is -2.53. The zero-order valence-corrected chi connectivity index (χ0v) is 29.0. The van der Waals surface area contributed by atoms with Gasteiger partial charge in [-0.3, -0.25) is 13.9 Å². The number of hydrogen-bond donors (Lipinski definition) is 1. The molecule has 1 N–H and O–H groups in total. The monoisotopic (exact) mass is 743 g/mol. The summed E-state index contributed by atoms with van der Waals surface area (Å²) >= 11 is 3.44. The molecule has 0 aliphatic rings. The summed E-state index contributed by atoms with van der Waals surface area (Å²) in [5, 5.41) is 2.91. The third-order valence-corrected chi connectivity index (χ3v) is 9.97. The van der Waals surface area contributed by atoms with Crippen molar-refractivity contribution >= 4 is 43.5 Å². The maximum absolute atomic E-state index is 14.5. The number of amides is 2. The second kappa shape index (κ2) is 16.3. The molecule has 0 saturated carbocycles. The van der Waals surface area contributed by atoms with Crippen LogP contribution in [0.25, 0.3) is 0 Å². The highest BCUT2D eigenvalue weighted by molar-refractivity contribution is 9.10. The van der Waals surface area contributed by atoms with Crippen LogP contribution in [-0.2, 0) is 38.8 Å². The molecular formula is C36H37BrF3N3O4S. The second-order valence-electron chi connectivity index (χ2n) is 11.4. The average Bonchev–Trinajstić information content (AvgIpc) is 3.05. The molecule has 0 aliphatic carbocycles. The normalized spacial score (nSPS) is 12.3. The first-order valence-electron chi connectivity index (χ1n) is 15.4. The fourth-order valence-electron chi connectivity index (χ4n) is 5.10. The lowest BCUT2D eigenvalue weighted by atomic mass is 10.0. The van der Waals surface area contributed by atoms with E-state index in [9.17, 15) is 31.2 Å². The molecule has 1 atom stereocenters. The van der Waals surface area contributed by atoms with E-state index in [-0.39, 0.29) is 23.5 Å². The number of unbranched alkanes of at least 4 members (excludes halogenated alkanes) is 1. The van der Waals surface area contributed by atoms with Gasteiger partial charge in [-0.05, 0) is 66.9 Å². The predicted octanol–water partition coefficient (Wildman–Crippen LogP) is 7.53. The van der Waals surface area contributed by atoms with E-state index in [2.05, 4.69) is 21.2 Å². The Labute approximate surface area is 287 Å². The smallest absolute Gasteiger partial charge is 0.354 e. The highest BCUT2D eigenvalue weighted by Crippen LogP contribution is 2.33. The first kappa shape index (κ1) is 36.7. The van der Waals surface area contributed by atoms with Crippen LogP contribution in [0.5, 0.6) is 0 Å². The molecule has 0 bridgehead atoms. The molecule has 0 spiro atoms. The molecule has 0 heterocycles. The van der Waals surface area contributed by atoms with Gasteiger partial charge in [-0.25, -0.2) is 8.42 Å². The van der Waals surface area contributed by atoms with E-state index in [1.54, 1.807) is 43.3 Å². The Bertz CT molecular complexity index is 1800. The number of aryl methyl sites for hydroxylation is 1. The van der Waals surface area contributed by atoms with Gasteiger partial charge in [0.25, 0.3) is 10.0 Å². The van der Waals surface area contributed by atoms with Crippen LogP contribution >= 0.6 is 15.9 Å². The molecule has 0 fully saturated rings. The van der Waals surface area contributed by atoms with Crippen molar-refractivity contribution in [1.82, 2.24) is 10.2 Å². The number of hydrogen-bond acceptors (Lipinski definition) is 4. The van der Waals surface area contributed by atoms with E-state index in [0.717, 1.165) is 34.2 Å². The topological polar surface area (TPSA) is 86.8 Å². The van der Waals surface area contributed by atoms with Crippen molar-refractivity contribution in [2.75, 3.05) is 17.4 Å². The van der Waals surface area contributed by atoms with Crippen molar-refractivity contribution in [2.45, 2.75) is 56.8 Å². The van der Waals surface area contributed by atoms with Gasteiger partial charge in [-0.1, -0.05) is 95.5 Å². The molecule has 0 saturated heterocycles. The van der Waals surface area contributed by atoms with Crippen molar-refractivity contribution in [1.29, 1.82) is 0 Å². The van der Waals surface area contributed by atoms with Crippen LogP contribution in [-0.4, -0.2) is 44.3 Å². The van der Waals surface area contributed by atoms with E-state index in [1.165, 1.54) is 23.1 Å². The number of carbonyl (C=O) groups is 2. The molecule has 7 nitrogen and oxygen atoms in total. The minimum Gasteiger partial charge on any atom is -0.354 e. The number of nitrogens with zero attached hydrogens (tertiary/aromatic N) is 2. The summed E-state index contributed by atoms with van der Waals surface area (Å²) in [6, 6.07) is 24.8. The van der Waals surface area contributed by atoms with Crippen molar-refractivity contribution in [2.24, 2.45) is 0 Å². The summed E-state index contributed by atoms with van der Waals surface area (Å²) in [6.07, 6.45) is -3.11. The number of rotatable bonds is 14. The molecule has 2 amide bonds. The van der Waals surface area contributed by atoms with Crippen LogP contribution in [0.1, 0.15) is 42.0 Å². The summed E-state index contributed by atoms with van der Waals surface area (Å²) < 4.78 is 71.1. The predicted molar refractivity (Wildman–Crippen MR) is 184 cm³/mol. The van der Waals surface area contributed by atoms with Gasteiger partial charge in [-0.15, -0.1) is 0 Å². The molecule has 4 aromatic carbocycles. The van der Waals surface area contributed by atoms with Crippen LogP contribution in [0, 0.1) is 6.92 Å². The number of halogens is 4. The van der Waals surface area contributed by atoms with Gasteiger partial charge in [0.15, 0.2) is 0 Å². The molecule has 0 radical (unpaired) electrons. The average molecular weight is 745 g/mol. The van der Waals surface area contributed by atoms with E-state index >= 15 is 0 Å². The highest BCUT2D eigenvalue weighted by Gasteiger charge is 2.36. The fourth-order valence-corrected chi connectivity index (χ4v) is 6.95. The maximum Gasteiger partial charge on any atom is 0.416 e. The summed E-state index contributed by atoms with van der Waals surface area (Å²) in [4.78, 5) is 29.4. The zero-order valence-electron chi connectivity index (χ0n) is 26.6. The number of anilines is 1. The summed E-state index contributed by atoms with van der Waals surface area (Å²) in [5.74, 6) is -1.20. The Kier molecular flexibility index (Phi) is 12.4. The van der Waals surface area contributed by atoms with E-state index in [4.69, 9.17) is 0 Å².